The van der Waals surface area contributed by atoms with Crippen LogP contribution in [0.3, 0.4) is 0 Å². The molecule has 0 aliphatic heterocycles. The molecule has 0 heterocycles. The van der Waals surface area contributed by atoms with Gasteiger partial charge in [-0.15, -0.1) is 0 Å². The maximum absolute atomic E-state index is 11.2. The fraction of sp³-hybridized carbons (Fsp3) is 0.333. The van der Waals surface area contributed by atoms with Gasteiger partial charge in [0.1, 0.15) is 0 Å². The number of carboxylic acids is 1. The highest BCUT2D eigenvalue weighted by molar-refractivity contribution is 5.87. The Bertz CT molecular complexity index is 415. The van der Waals surface area contributed by atoms with Crippen LogP contribution in [0.25, 0.3) is 0 Å². The molecule has 0 saturated carbocycles. The van der Waals surface area contributed by atoms with Crippen molar-refractivity contribution in [1.29, 1.82) is 0 Å². The molecule has 0 radical (unpaired) electrons. The average Bonchev–Trinajstić information content (AvgIpc) is 2.26. The van der Waals surface area contributed by atoms with E-state index in [1.54, 1.807) is 26.0 Å². The molecule has 2 N–H and O–H groups in total. The van der Waals surface area contributed by atoms with E-state index in [1.807, 2.05) is 0 Å². The Kier molecular flexibility index (Phi) is 4.51. The zero-order valence-corrected chi connectivity index (χ0v) is 9.77. The van der Waals surface area contributed by atoms with Gasteiger partial charge in [-0.2, -0.15) is 0 Å². The van der Waals surface area contributed by atoms with Crippen molar-refractivity contribution in [2.24, 2.45) is 0 Å². The molecule has 1 aromatic carbocycles. The Labute approximate surface area is 99.4 Å². The lowest BCUT2D eigenvalue weighted by atomic mass is 10.1. The summed E-state index contributed by atoms with van der Waals surface area (Å²) in [7, 11) is 0. The summed E-state index contributed by atoms with van der Waals surface area (Å²) in [4.78, 5) is 21.9. The van der Waals surface area contributed by atoms with E-state index >= 15 is 0 Å². The van der Waals surface area contributed by atoms with Gasteiger partial charge in [-0.3, -0.25) is 0 Å². The van der Waals surface area contributed by atoms with E-state index in [4.69, 9.17) is 9.84 Å². The quantitative estimate of drug-likeness (QED) is 0.840. The van der Waals surface area contributed by atoms with Crippen LogP contribution in [0.2, 0.25) is 0 Å². The molecule has 0 aromatic heterocycles. The lowest BCUT2D eigenvalue weighted by Crippen LogP contribution is -2.26. The van der Waals surface area contributed by atoms with Crippen LogP contribution in [-0.4, -0.2) is 23.3 Å². The van der Waals surface area contributed by atoms with Gasteiger partial charge in [0.05, 0.1) is 11.7 Å². The number of nitrogens with one attached hydrogen (secondary N) is 1. The van der Waals surface area contributed by atoms with Crippen LogP contribution in [-0.2, 0) is 11.3 Å². The Hall–Kier alpha value is -2.04. The van der Waals surface area contributed by atoms with Crippen molar-refractivity contribution in [3.8, 4) is 0 Å². The first-order chi connectivity index (χ1) is 7.99. The number of rotatable bonds is 4. The zero-order valence-electron chi connectivity index (χ0n) is 9.77. The van der Waals surface area contributed by atoms with Crippen LogP contribution < -0.4 is 5.32 Å². The van der Waals surface area contributed by atoms with Crippen LogP contribution in [0.5, 0.6) is 0 Å². The standard InChI is InChI=1S/C12H15NO4/c1-8(2)17-12(16)13-7-9-4-3-5-10(6-9)11(14)15/h3-6,8H,7H2,1-2H3,(H,13,16)(H,14,15). The van der Waals surface area contributed by atoms with Crippen LogP contribution in [0, 0.1) is 0 Å². The average molecular weight is 237 g/mol. The second-order valence-electron chi connectivity index (χ2n) is 3.81. The Balaban J connectivity index is 2.54. The summed E-state index contributed by atoms with van der Waals surface area (Å²) in [6, 6.07) is 6.38. The van der Waals surface area contributed by atoms with E-state index in [0.29, 0.717) is 5.56 Å². The Morgan fingerprint density at radius 1 is 1.41 bits per heavy atom. The fourth-order valence-corrected chi connectivity index (χ4v) is 1.24. The summed E-state index contributed by atoms with van der Waals surface area (Å²) >= 11 is 0. The van der Waals surface area contributed by atoms with Gasteiger partial charge in [0.25, 0.3) is 0 Å². The van der Waals surface area contributed by atoms with Crippen molar-refractivity contribution in [3.05, 3.63) is 35.4 Å². The number of carboxylic acid groups (broad SMARTS) is 1. The molecule has 92 valence electrons. The SMILES string of the molecule is CC(C)OC(=O)NCc1cccc(C(=O)O)c1. The van der Waals surface area contributed by atoms with Gasteiger partial charge in [0.2, 0.25) is 0 Å². The van der Waals surface area contributed by atoms with Crippen LogP contribution >= 0.6 is 0 Å². The van der Waals surface area contributed by atoms with Crippen molar-refractivity contribution < 1.29 is 19.4 Å². The zero-order chi connectivity index (χ0) is 12.8. The molecular formula is C12H15NO4. The first kappa shape index (κ1) is 13.0. The summed E-state index contributed by atoms with van der Waals surface area (Å²) in [5.41, 5.74) is 0.909. The highest BCUT2D eigenvalue weighted by Crippen LogP contribution is 2.05. The predicted molar refractivity (Wildman–Crippen MR) is 61.9 cm³/mol. The summed E-state index contributed by atoms with van der Waals surface area (Å²) < 4.78 is 4.88. The molecule has 0 spiro atoms. The smallest absolute Gasteiger partial charge is 0.407 e. The second-order valence-corrected chi connectivity index (χ2v) is 3.81. The first-order valence-electron chi connectivity index (χ1n) is 5.25. The molecule has 1 amide bonds. The first-order valence-corrected chi connectivity index (χ1v) is 5.25. The van der Waals surface area contributed by atoms with E-state index in [2.05, 4.69) is 5.32 Å². The summed E-state index contributed by atoms with van der Waals surface area (Å²) in [5.74, 6) is -0.989. The Morgan fingerprint density at radius 2 is 2.12 bits per heavy atom. The molecule has 0 unspecified atom stereocenters. The topological polar surface area (TPSA) is 75.6 Å². The molecule has 0 aliphatic rings. The highest BCUT2D eigenvalue weighted by atomic mass is 16.6. The van der Waals surface area contributed by atoms with E-state index < -0.39 is 12.1 Å². The fourth-order valence-electron chi connectivity index (χ4n) is 1.24. The number of carbonyl (C=O) groups excluding carboxylic acids is 1. The van der Waals surface area contributed by atoms with E-state index in [0.717, 1.165) is 0 Å². The summed E-state index contributed by atoms with van der Waals surface area (Å²) in [6.45, 7) is 3.75. The van der Waals surface area contributed by atoms with Crippen molar-refractivity contribution in [2.45, 2.75) is 26.5 Å². The molecule has 0 atom stereocenters. The molecule has 5 heteroatoms. The third-order valence-corrected chi connectivity index (χ3v) is 1.95. The van der Waals surface area contributed by atoms with Gasteiger partial charge in [0.15, 0.2) is 0 Å². The van der Waals surface area contributed by atoms with E-state index in [1.165, 1.54) is 12.1 Å². The number of aromatic carboxylic acids is 1. The number of hydrogen-bond donors (Lipinski definition) is 2. The number of amides is 1. The third kappa shape index (κ3) is 4.55. The van der Waals surface area contributed by atoms with Gasteiger partial charge in [-0.1, -0.05) is 12.1 Å². The van der Waals surface area contributed by atoms with Crippen LogP contribution in [0.4, 0.5) is 4.79 Å². The summed E-state index contributed by atoms with van der Waals surface area (Å²) in [5, 5.41) is 11.3. The van der Waals surface area contributed by atoms with Crippen molar-refractivity contribution in [2.75, 3.05) is 0 Å². The largest absolute Gasteiger partial charge is 0.478 e. The monoisotopic (exact) mass is 237 g/mol. The van der Waals surface area contributed by atoms with Gasteiger partial charge < -0.3 is 15.2 Å². The normalized spacial score (nSPS) is 10.1. The maximum Gasteiger partial charge on any atom is 0.407 e. The molecule has 1 rings (SSSR count). The van der Waals surface area contributed by atoms with Gasteiger partial charge in [-0.25, -0.2) is 9.59 Å². The van der Waals surface area contributed by atoms with Crippen molar-refractivity contribution in [1.82, 2.24) is 5.32 Å². The van der Waals surface area contributed by atoms with Crippen LogP contribution in [0.1, 0.15) is 29.8 Å². The molecule has 0 aliphatic carbocycles. The lowest BCUT2D eigenvalue weighted by molar-refractivity contribution is 0.0696. The lowest BCUT2D eigenvalue weighted by Gasteiger charge is -2.09. The number of ether oxygens (including phenoxy) is 1. The molecule has 1 aromatic rings. The molecular weight excluding hydrogens is 222 g/mol. The molecule has 0 fully saturated rings. The number of alkyl carbamates (subject to hydrolysis) is 1. The van der Waals surface area contributed by atoms with E-state index in [9.17, 15) is 9.59 Å². The number of hydrogen-bond acceptors (Lipinski definition) is 3. The van der Waals surface area contributed by atoms with Gasteiger partial charge in [-0.05, 0) is 31.5 Å². The highest BCUT2D eigenvalue weighted by Gasteiger charge is 2.06. The predicted octanol–water partition coefficient (Wildman–Crippen LogP) is 2.02. The molecule has 0 saturated heterocycles. The second kappa shape index (κ2) is 5.89. The minimum absolute atomic E-state index is 0.180. The number of carbonyl (C=O) groups is 2. The maximum atomic E-state index is 11.2. The molecule has 17 heavy (non-hydrogen) atoms. The summed E-state index contributed by atoms with van der Waals surface area (Å²) in [6.07, 6.45) is -0.693. The minimum Gasteiger partial charge on any atom is -0.478 e. The molecule has 0 bridgehead atoms. The van der Waals surface area contributed by atoms with E-state index in [-0.39, 0.29) is 18.2 Å². The molecule has 5 nitrogen and oxygen atoms in total. The minimum atomic E-state index is -0.989. The Morgan fingerprint density at radius 3 is 2.71 bits per heavy atom. The van der Waals surface area contributed by atoms with Gasteiger partial charge in [0, 0.05) is 6.54 Å². The number of benzene rings is 1. The third-order valence-electron chi connectivity index (χ3n) is 1.95. The van der Waals surface area contributed by atoms with Crippen molar-refractivity contribution >= 4 is 12.1 Å². The van der Waals surface area contributed by atoms with Gasteiger partial charge >= 0.3 is 12.1 Å². The van der Waals surface area contributed by atoms with Crippen LogP contribution in [0.15, 0.2) is 24.3 Å². The van der Waals surface area contributed by atoms with Crippen molar-refractivity contribution in [3.63, 3.8) is 0 Å².